The van der Waals surface area contributed by atoms with E-state index in [0.717, 1.165) is 18.2 Å². The molecule has 0 bridgehead atoms. The Bertz CT molecular complexity index is 774. The van der Waals surface area contributed by atoms with Crippen LogP contribution in [0.25, 0.3) is 0 Å². The van der Waals surface area contributed by atoms with Gasteiger partial charge < -0.3 is 14.6 Å². The number of nitrogens with zero attached hydrogens (tertiary/aromatic N) is 3. The molecule has 0 unspecified atom stereocenters. The van der Waals surface area contributed by atoms with Gasteiger partial charge in [0, 0.05) is 23.6 Å². The van der Waals surface area contributed by atoms with E-state index in [4.69, 9.17) is 9.47 Å². The van der Waals surface area contributed by atoms with Crippen LogP contribution in [-0.2, 0) is 19.1 Å². The number of hydrogen-bond acceptors (Lipinski definition) is 9. The first-order chi connectivity index (χ1) is 12.8. The molecule has 0 spiro atoms. The zero-order valence-corrected chi connectivity index (χ0v) is 14.6. The average Bonchev–Trinajstić information content (AvgIpc) is 2.62. The first-order valence-corrected chi connectivity index (χ1v) is 7.92. The number of nitriles is 2. The number of benzene rings is 1. The van der Waals surface area contributed by atoms with Crippen LogP contribution in [0.15, 0.2) is 18.2 Å². The molecule has 10 heteroatoms. The quantitative estimate of drug-likeness (QED) is 0.405. The summed E-state index contributed by atoms with van der Waals surface area (Å²) in [6, 6.07) is 6.22. The molecule has 0 fully saturated rings. The highest BCUT2D eigenvalue weighted by Gasteiger charge is 2.43. The van der Waals surface area contributed by atoms with Crippen molar-refractivity contribution in [2.75, 3.05) is 13.2 Å². The van der Waals surface area contributed by atoms with Gasteiger partial charge in [-0.25, -0.2) is 0 Å². The fourth-order valence-electron chi connectivity index (χ4n) is 2.50. The van der Waals surface area contributed by atoms with Crippen molar-refractivity contribution in [2.24, 2.45) is 11.8 Å². The number of rotatable bonds is 8. The lowest BCUT2D eigenvalue weighted by Crippen LogP contribution is -2.33. The summed E-state index contributed by atoms with van der Waals surface area (Å²) in [5, 5.41) is 40.1. The number of hydrogen-bond donors (Lipinski definition) is 1. The minimum absolute atomic E-state index is 0.0682. The van der Waals surface area contributed by atoms with Gasteiger partial charge in [-0.05, 0) is 19.9 Å². The van der Waals surface area contributed by atoms with Crippen LogP contribution in [0.4, 0.5) is 5.69 Å². The van der Waals surface area contributed by atoms with Crippen molar-refractivity contribution in [3.05, 3.63) is 33.9 Å². The van der Waals surface area contributed by atoms with Gasteiger partial charge in [0.05, 0.1) is 30.3 Å². The van der Waals surface area contributed by atoms with Gasteiger partial charge in [-0.3, -0.25) is 19.7 Å². The predicted molar refractivity (Wildman–Crippen MR) is 89.0 cm³/mol. The largest absolute Gasteiger partial charge is 0.508 e. The van der Waals surface area contributed by atoms with Crippen LogP contribution < -0.4 is 0 Å². The van der Waals surface area contributed by atoms with Crippen molar-refractivity contribution in [1.29, 1.82) is 10.5 Å². The standard InChI is InChI=1S/C17H17N3O7/c1-3-26-16(22)12(8-18)15(13(9-19)17(23)27-4-2)11-7-10(20(24)25)5-6-14(11)21/h5-7,12-13,15,21H,3-4H2,1-2H3/t12-,13-/m1/s1. The SMILES string of the molecule is CCOC(=O)[C@H](C#N)C(c1cc([N+](=O)[O-])ccc1O)[C@@H](C#N)C(=O)OCC. The van der Waals surface area contributed by atoms with E-state index in [1.807, 2.05) is 0 Å². The van der Waals surface area contributed by atoms with Crippen molar-refractivity contribution < 1.29 is 29.1 Å². The lowest BCUT2D eigenvalue weighted by molar-refractivity contribution is -0.385. The van der Waals surface area contributed by atoms with E-state index in [-0.39, 0.29) is 18.8 Å². The molecule has 10 nitrogen and oxygen atoms in total. The molecule has 0 saturated heterocycles. The molecule has 0 aromatic heterocycles. The Balaban J connectivity index is 3.64. The van der Waals surface area contributed by atoms with Gasteiger partial charge in [0.15, 0.2) is 11.8 Å². The zero-order valence-electron chi connectivity index (χ0n) is 14.6. The molecule has 0 heterocycles. The molecule has 0 radical (unpaired) electrons. The topological polar surface area (TPSA) is 164 Å². The summed E-state index contributed by atoms with van der Waals surface area (Å²) in [7, 11) is 0. The molecular weight excluding hydrogens is 358 g/mol. The van der Waals surface area contributed by atoms with E-state index in [9.17, 15) is 35.3 Å². The number of carbonyl (C=O) groups is 2. The fraction of sp³-hybridized carbons (Fsp3) is 0.412. The third-order valence-corrected chi connectivity index (χ3v) is 3.66. The van der Waals surface area contributed by atoms with E-state index >= 15 is 0 Å². The number of carbonyl (C=O) groups excluding carboxylic acids is 2. The average molecular weight is 375 g/mol. The van der Waals surface area contributed by atoms with Gasteiger partial charge in [-0.15, -0.1) is 0 Å². The summed E-state index contributed by atoms with van der Waals surface area (Å²) in [6.45, 7) is 2.86. The Hall–Kier alpha value is -3.66. The molecule has 142 valence electrons. The molecule has 0 aliphatic heterocycles. The Morgan fingerprint density at radius 1 is 1.15 bits per heavy atom. The summed E-state index contributed by atoms with van der Waals surface area (Å²) in [4.78, 5) is 34.7. The van der Waals surface area contributed by atoms with E-state index in [2.05, 4.69) is 0 Å². The normalized spacial score (nSPS) is 12.3. The lowest BCUT2D eigenvalue weighted by Gasteiger charge is -2.24. The van der Waals surface area contributed by atoms with Crippen molar-refractivity contribution in [1.82, 2.24) is 0 Å². The van der Waals surface area contributed by atoms with Gasteiger partial charge in [0.25, 0.3) is 5.69 Å². The van der Waals surface area contributed by atoms with Crippen molar-refractivity contribution in [2.45, 2.75) is 19.8 Å². The van der Waals surface area contributed by atoms with Gasteiger partial charge in [0.1, 0.15) is 5.75 Å². The Morgan fingerprint density at radius 2 is 1.63 bits per heavy atom. The second-order valence-corrected chi connectivity index (χ2v) is 5.24. The van der Waals surface area contributed by atoms with E-state index in [0.29, 0.717) is 0 Å². The number of esters is 2. The summed E-state index contributed by atoms with van der Waals surface area (Å²) >= 11 is 0. The number of nitro groups is 1. The van der Waals surface area contributed by atoms with Gasteiger partial charge in [-0.2, -0.15) is 10.5 Å². The predicted octanol–water partition coefficient (Wildman–Crippen LogP) is 1.79. The Kier molecular flexibility index (Phi) is 7.70. The smallest absolute Gasteiger partial charge is 0.324 e. The highest BCUT2D eigenvalue weighted by Crippen LogP contribution is 2.40. The van der Waals surface area contributed by atoms with Gasteiger partial charge in [-0.1, -0.05) is 0 Å². The van der Waals surface area contributed by atoms with Crippen LogP contribution in [0.3, 0.4) is 0 Å². The Morgan fingerprint density at radius 3 is 2.00 bits per heavy atom. The zero-order chi connectivity index (χ0) is 20.6. The van der Waals surface area contributed by atoms with Crippen molar-refractivity contribution in [3.63, 3.8) is 0 Å². The summed E-state index contributed by atoms with van der Waals surface area (Å²) in [5.74, 6) is -7.45. The highest BCUT2D eigenvalue weighted by molar-refractivity contribution is 5.82. The van der Waals surface area contributed by atoms with Crippen LogP contribution in [0.2, 0.25) is 0 Å². The summed E-state index contributed by atoms with van der Waals surface area (Å²) < 4.78 is 9.62. The second-order valence-electron chi connectivity index (χ2n) is 5.24. The van der Waals surface area contributed by atoms with E-state index < -0.39 is 46.1 Å². The molecule has 0 aliphatic carbocycles. The molecule has 0 amide bonds. The maximum atomic E-state index is 12.2. The van der Waals surface area contributed by atoms with E-state index in [1.54, 1.807) is 12.1 Å². The van der Waals surface area contributed by atoms with Crippen LogP contribution >= 0.6 is 0 Å². The van der Waals surface area contributed by atoms with Crippen LogP contribution in [0.5, 0.6) is 5.75 Å². The second kappa shape index (κ2) is 9.73. The molecule has 1 aromatic rings. The molecule has 0 saturated carbocycles. The number of aromatic hydroxyl groups is 1. The number of phenolic OH excluding ortho intramolecular Hbond substituents is 1. The molecular formula is C17H17N3O7. The maximum Gasteiger partial charge on any atom is 0.324 e. The van der Waals surface area contributed by atoms with Crippen LogP contribution in [0.1, 0.15) is 25.3 Å². The lowest BCUT2D eigenvalue weighted by atomic mass is 9.77. The summed E-state index contributed by atoms with van der Waals surface area (Å²) in [5.41, 5.74) is -0.725. The fourth-order valence-corrected chi connectivity index (χ4v) is 2.50. The molecule has 0 aliphatic rings. The minimum atomic E-state index is -1.67. The third-order valence-electron chi connectivity index (χ3n) is 3.66. The third kappa shape index (κ3) is 4.92. The Labute approximate surface area is 154 Å². The minimum Gasteiger partial charge on any atom is -0.508 e. The molecule has 27 heavy (non-hydrogen) atoms. The summed E-state index contributed by atoms with van der Waals surface area (Å²) in [6.07, 6.45) is 0. The monoisotopic (exact) mass is 375 g/mol. The van der Waals surface area contributed by atoms with Crippen molar-refractivity contribution in [3.8, 4) is 17.9 Å². The van der Waals surface area contributed by atoms with Crippen molar-refractivity contribution >= 4 is 17.6 Å². The van der Waals surface area contributed by atoms with Gasteiger partial charge in [0.2, 0.25) is 0 Å². The first-order valence-electron chi connectivity index (χ1n) is 7.92. The highest BCUT2D eigenvalue weighted by atomic mass is 16.6. The number of phenols is 1. The number of nitro benzene ring substituents is 1. The molecule has 1 rings (SSSR count). The van der Waals surface area contributed by atoms with Gasteiger partial charge >= 0.3 is 11.9 Å². The molecule has 1 aromatic carbocycles. The molecule has 1 N–H and O–H groups in total. The van der Waals surface area contributed by atoms with Crippen LogP contribution in [0, 0.1) is 44.6 Å². The van der Waals surface area contributed by atoms with E-state index in [1.165, 1.54) is 13.8 Å². The first kappa shape index (κ1) is 21.4. The van der Waals surface area contributed by atoms with Crippen LogP contribution in [-0.4, -0.2) is 35.2 Å². The number of ether oxygens (including phenoxy) is 2. The maximum absolute atomic E-state index is 12.2. The number of non-ortho nitro benzene ring substituents is 1. The molecule has 2 atom stereocenters.